The first-order valence-electron chi connectivity index (χ1n) is 10.4. The summed E-state index contributed by atoms with van der Waals surface area (Å²) in [5.41, 5.74) is 12.6. The number of hydrogen-bond donors (Lipinski definition) is 3. The van der Waals surface area contributed by atoms with Crippen molar-refractivity contribution in [2.75, 3.05) is 19.3 Å². The van der Waals surface area contributed by atoms with Crippen LogP contribution in [0.25, 0.3) is 0 Å². The van der Waals surface area contributed by atoms with E-state index in [1.54, 1.807) is 19.1 Å². The van der Waals surface area contributed by atoms with E-state index in [0.717, 1.165) is 24.3 Å². The number of nitrogens with two attached hydrogens (primary N) is 1. The van der Waals surface area contributed by atoms with Crippen molar-refractivity contribution >= 4 is 5.69 Å². The molecule has 0 saturated carbocycles. The van der Waals surface area contributed by atoms with E-state index in [-0.39, 0.29) is 17.4 Å². The van der Waals surface area contributed by atoms with E-state index >= 15 is 0 Å². The fraction of sp³-hybridized carbons (Fsp3) is 0.308. The first kappa shape index (κ1) is 21.7. The molecule has 1 aliphatic heterocycles. The molecule has 3 aromatic rings. The maximum Gasteiger partial charge on any atom is 0.119 e. The standard InChI is InChI=1S/C16H18N2.C10H14O2/c1-18-10-14(12-6-3-2-4-7-12)13-8-5-9-16(17)15(13)11-18;1-6(2)8-5-9(11)7(3)4-10(8)12/h2-9,14H,10-11,17H2,1H3;4-6,11-12H,1-3H3. The molecule has 3 aromatic carbocycles. The van der Waals surface area contributed by atoms with Crippen molar-refractivity contribution < 1.29 is 10.2 Å². The Bertz CT molecular complexity index is 999. The van der Waals surface area contributed by atoms with Crippen molar-refractivity contribution in [3.8, 4) is 11.5 Å². The van der Waals surface area contributed by atoms with Crippen molar-refractivity contribution in [1.82, 2.24) is 4.90 Å². The summed E-state index contributed by atoms with van der Waals surface area (Å²) in [7, 11) is 2.16. The molecule has 158 valence electrons. The number of fused-ring (bicyclic) bond motifs is 1. The van der Waals surface area contributed by atoms with Crippen LogP contribution < -0.4 is 5.73 Å². The van der Waals surface area contributed by atoms with Crippen LogP contribution in [0.1, 0.15) is 53.5 Å². The van der Waals surface area contributed by atoms with Crippen LogP contribution in [-0.4, -0.2) is 28.7 Å². The van der Waals surface area contributed by atoms with E-state index in [0.29, 0.717) is 11.5 Å². The van der Waals surface area contributed by atoms with E-state index < -0.39 is 0 Å². The third kappa shape index (κ3) is 4.77. The molecular formula is C26H32N2O2. The molecule has 0 saturated heterocycles. The molecule has 4 N–H and O–H groups in total. The van der Waals surface area contributed by atoms with Crippen LogP contribution in [0.3, 0.4) is 0 Å². The summed E-state index contributed by atoms with van der Waals surface area (Å²) in [6.07, 6.45) is 0. The minimum Gasteiger partial charge on any atom is -0.508 e. The quantitative estimate of drug-likeness (QED) is 0.396. The minimum absolute atomic E-state index is 0.233. The number of aryl methyl sites for hydroxylation is 1. The second-order valence-corrected chi connectivity index (χ2v) is 8.43. The van der Waals surface area contributed by atoms with E-state index in [1.165, 1.54) is 16.7 Å². The molecule has 1 unspecified atom stereocenters. The molecule has 1 aliphatic rings. The number of anilines is 1. The number of nitrogen functional groups attached to an aromatic ring is 1. The first-order chi connectivity index (χ1) is 14.3. The average molecular weight is 405 g/mol. The third-order valence-corrected chi connectivity index (χ3v) is 5.72. The molecular weight excluding hydrogens is 372 g/mol. The Hall–Kier alpha value is -2.98. The number of nitrogens with zero attached hydrogens (tertiary/aromatic N) is 1. The summed E-state index contributed by atoms with van der Waals surface area (Å²) in [6.45, 7) is 7.72. The van der Waals surface area contributed by atoms with Crippen LogP contribution in [0.4, 0.5) is 5.69 Å². The highest BCUT2D eigenvalue weighted by atomic mass is 16.3. The van der Waals surface area contributed by atoms with Gasteiger partial charge in [0.2, 0.25) is 0 Å². The molecule has 4 rings (SSSR count). The summed E-state index contributed by atoms with van der Waals surface area (Å²) in [4.78, 5) is 2.34. The average Bonchev–Trinajstić information content (AvgIpc) is 2.72. The van der Waals surface area contributed by atoms with Gasteiger partial charge in [-0.05, 0) is 60.3 Å². The number of phenolic OH excluding ortho intramolecular Hbond substituents is 2. The Morgan fingerprint density at radius 1 is 0.967 bits per heavy atom. The number of likely N-dealkylation sites (N-methyl/N-ethyl adjacent to an activating group) is 1. The third-order valence-electron chi connectivity index (χ3n) is 5.72. The molecule has 1 atom stereocenters. The molecule has 0 amide bonds. The lowest BCUT2D eigenvalue weighted by atomic mass is 9.84. The maximum absolute atomic E-state index is 9.48. The predicted molar refractivity (Wildman–Crippen MR) is 124 cm³/mol. The monoisotopic (exact) mass is 404 g/mol. The van der Waals surface area contributed by atoms with Crippen molar-refractivity contribution in [3.05, 3.63) is 88.5 Å². The molecule has 0 bridgehead atoms. The molecule has 1 heterocycles. The minimum atomic E-state index is 0.233. The zero-order valence-electron chi connectivity index (χ0n) is 18.3. The Labute approximate surface area is 179 Å². The van der Waals surface area contributed by atoms with Crippen molar-refractivity contribution in [2.45, 2.75) is 39.2 Å². The lowest BCUT2D eigenvalue weighted by Crippen LogP contribution is -2.31. The van der Waals surface area contributed by atoms with Crippen LogP contribution >= 0.6 is 0 Å². The zero-order valence-corrected chi connectivity index (χ0v) is 18.3. The van der Waals surface area contributed by atoms with Crippen LogP contribution in [0.15, 0.2) is 60.7 Å². The molecule has 4 nitrogen and oxygen atoms in total. The summed E-state index contributed by atoms with van der Waals surface area (Å²) in [6, 6.07) is 20.2. The molecule has 4 heteroatoms. The number of benzene rings is 3. The van der Waals surface area contributed by atoms with Gasteiger partial charge in [0.05, 0.1) is 0 Å². The van der Waals surface area contributed by atoms with Crippen molar-refractivity contribution in [3.63, 3.8) is 0 Å². The van der Waals surface area contributed by atoms with E-state index in [1.807, 2.05) is 19.9 Å². The fourth-order valence-corrected chi connectivity index (χ4v) is 4.01. The smallest absolute Gasteiger partial charge is 0.119 e. The zero-order chi connectivity index (χ0) is 21.8. The molecule has 0 fully saturated rings. The molecule has 0 radical (unpaired) electrons. The SMILES string of the molecule is CN1Cc2c(N)cccc2C(c2ccccc2)C1.Cc1cc(O)c(C(C)C)cc1O. The molecule has 30 heavy (non-hydrogen) atoms. The van der Waals surface area contributed by atoms with Crippen molar-refractivity contribution in [2.24, 2.45) is 0 Å². The highest BCUT2D eigenvalue weighted by molar-refractivity contribution is 5.55. The summed E-state index contributed by atoms with van der Waals surface area (Å²) >= 11 is 0. The molecule has 0 aromatic heterocycles. The van der Waals surface area contributed by atoms with Crippen LogP contribution in [0.5, 0.6) is 11.5 Å². The fourth-order valence-electron chi connectivity index (χ4n) is 4.01. The van der Waals surface area contributed by atoms with Gasteiger partial charge in [0.25, 0.3) is 0 Å². The second-order valence-electron chi connectivity index (χ2n) is 8.43. The maximum atomic E-state index is 9.48. The second kappa shape index (κ2) is 9.23. The Balaban J connectivity index is 0.000000187. The van der Waals surface area contributed by atoms with Crippen LogP contribution in [0, 0.1) is 6.92 Å². The van der Waals surface area contributed by atoms with E-state index in [9.17, 15) is 10.2 Å². The predicted octanol–water partition coefficient (Wildman–Crippen LogP) is 5.38. The van der Waals surface area contributed by atoms with Gasteiger partial charge >= 0.3 is 0 Å². The summed E-state index contributed by atoms with van der Waals surface area (Å²) in [5, 5.41) is 18.8. The van der Waals surface area contributed by atoms with Gasteiger partial charge in [0, 0.05) is 30.3 Å². The van der Waals surface area contributed by atoms with Gasteiger partial charge in [-0.15, -0.1) is 0 Å². The van der Waals surface area contributed by atoms with Gasteiger partial charge < -0.3 is 20.8 Å². The van der Waals surface area contributed by atoms with Gasteiger partial charge in [0.15, 0.2) is 0 Å². The Morgan fingerprint density at radius 3 is 2.33 bits per heavy atom. The van der Waals surface area contributed by atoms with Crippen LogP contribution in [-0.2, 0) is 6.54 Å². The summed E-state index contributed by atoms with van der Waals surface area (Å²) < 4.78 is 0. The largest absolute Gasteiger partial charge is 0.508 e. The normalized spacial score (nSPS) is 16.0. The Kier molecular flexibility index (Phi) is 6.68. The number of hydrogen-bond acceptors (Lipinski definition) is 4. The van der Waals surface area contributed by atoms with Crippen molar-refractivity contribution in [1.29, 1.82) is 0 Å². The van der Waals surface area contributed by atoms with Gasteiger partial charge in [-0.3, -0.25) is 0 Å². The Morgan fingerprint density at radius 2 is 1.67 bits per heavy atom. The van der Waals surface area contributed by atoms with Gasteiger partial charge in [-0.1, -0.05) is 56.3 Å². The topological polar surface area (TPSA) is 69.7 Å². The highest BCUT2D eigenvalue weighted by Crippen LogP contribution is 2.35. The highest BCUT2D eigenvalue weighted by Gasteiger charge is 2.25. The number of aromatic hydroxyl groups is 2. The van der Waals surface area contributed by atoms with Crippen LogP contribution in [0.2, 0.25) is 0 Å². The number of phenols is 2. The molecule has 0 spiro atoms. The van der Waals surface area contributed by atoms with E-state index in [4.69, 9.17) is 5.73 Å². The lowest BCUT2D eigenvalue weighted by molar-refractivity contribution is 0.296. The van der Waals surface area contributed by atoms with Gasteiger partial charge in [-0.2, -0.15) is 0 Å². The molecule has 0 aliphatic carbocycles. The first-order valence-corrected chi connectivity index (χ1v) is 10.4. The van der Waals surface area contributed by atoms with E-state index in [2.05, 4.69) is 54.4 Å². The van der Waals surface area contributed by atoms with Gasteiger partial charge in [0.1, 0.15) is 11.5 Å². The summed E-state index contributed by atoms with van der Waals surface area (Å²) in [5.74, 6) is 1.18. The number of rotatable bonds is 2. The lowest BCUT2D eigenvalue weighted by Gasteiger charge is -2.33. The van der Waals surface area contributed by atoms with Gasteiger partial charge in [-0.25, -0.2) is 0 Å².